The zero-order valence-electron chi connectivity index (χ0n) is 18.8. The molecule has 10 nitrogen and oxygen atoms in total. The molecule has 0 aliphatic heterocycles. The van der Waals surface area contributed by atoms with Crippen LogP contribution < -0.4 is 10.1 Å². The summed E-state index contributed by atoms with van der Waals surface area (Å²) in [5.74, 6) is -2.62. The summed E-state index contributed by atoms with van der Waals surface area (Å²) in [5, 5.41) is 14.0. The predicted octanol–water partition coefficient (Wildman–Crippen LogP) is 3.19. The van der Waals surface area contributed by atoms with Crippen LogP contribution >= 0.6 is 0 Å². The van der Waals surface area contributed by atoms with Crippen molar-refractivity contribution in [1.29, 1.82) is 0 Å². The first kappa shape index (κ1) is 23.6. The molecule has 3 rings (SSSR count). The maximum Gasteiger partial charge on any atom is 0.414 e. The molecule has 2 aromatic carbocycles. The normalized spacial score (nSPS) is 17.0. The van der Waals surface area contributed by atoms with Crippen LogP contribution in [0.1, 0.15) is 58.5 Å². The molecule has 1 atom stereocenters. The number of nitrogens with one attached hydrogen (secondary N) is 1. The molecule has 1 unspecified atom stereocenters. The van der Waals surface area contributed by atoms with Gasteiger partial charge < -0.3 is 15.0 Å². The monoisotopic (exact) mass is 453 g/mol. The van der Waals surface area contributed by atoms with Crippen molar-refractivity contribution in [3.63, 3.8) is 0 Å². The third-order valence-corrected chi connectivity index (χ3v) is 5.39. The number of hydrogen-bond donors (Lipinski definition) is 1. The Morgan fingerprint density at radius 2 is 1.79 bits per heavy atom. The summed E-state index contributed by atoms with van der Waals surface area (Å²) in [6, 6.07) is 8.29. The van der Waals surface area contributed by atoms with Crippen LogP contribution in [-0.4, -0.2) is 47.5 Å². The van der Waals surface area contributed by atoms with Crippen molar-refractivity contribution in [2.75, 3.05) is 14.1 Å². The van der Waals surface area contributed by atoms with Gasteiger partial charge in [-0.2, -0.15) is 0 Å². The molecule has 0 radical (unpaired) electrons. The Kier molecular flexibility index (Phi) is 6.04. The van der Waals surface area contributed by atoms with Gasteiger partial charge in [0.15, 0.2) is 5.54 Å². The lowest BCUT2D eigenvalue weighted by atomic mass is 9.82. The minimum atomic E-state index is -2.32. The number of carbonyl (C=O) groups is 4. The van der Waals surface area contributed by atoms with Crippen molar-refractivity contribution in [1.82, 2.24) is 10.2 Å². The number of nitrogens with zero attached hydrogens (tertiary/aromatic N) is 2. The van der Waals surface area contributed by atoms with E-state index in [0.717, 1.165) is 23.5 Å². The molecule has 10 heteroatoms. The van der Waals surface area contributed by atoms with Crippen LogP contribution in [0.3, 0.4) is 0 Å². The highest BCUT2D eigenvalue weighted by atomic mass is 16.6. The predicted molar refractivity (Wildman–Crippen MR) is 117 cm³/mol. The number of Topliss-reactive ketones (excluding diaryl/α,β-unsaturated/α-hetero) is 2. The first-order valence-electron chi connectivity index (χ1n) is 10.1. The molecule has 1 aliphatic carbocycles. The molecule has 1 aliphatic rings. The topological polar surface area (TPSA) is 136 Å². The fourth-order valence-electron chi connectivity index (χ4n) is 3.78. The SMILES string of the molecule is CC(=O)NC1(c2ccc(C(C)C)cc2OC(=O)N(C)C)C(=O)c2cccc([N+](=O)[O-])c2C1=O. The Morgan fingerprint density at radius 3 is 2.33 bits per heavy atom. The number of ether oxygens (including phenoxy) is 1. The van der Waals surface area contributed by atoms with Crippen molar-refractivity contribution in [2.24, 2.45) is 0 Å². The molecule has 0 aromatic heterocycles. The second kappa shape index (κ2) is 8.45. The van der Waals surface area contributed by atoms with Crippen molar-refractivity contribution < 1.29 is 28.8 Å². The van der Waals surface area contributed by atoms with Crippen molar-refractivity contribution in [3.05, 3.63) is 68.8 Å². The second-order valence-electron chi connectivity index (χ2n) is 8.22. The largest absolute Gasteiger partial charge is 0.414 e. The number of carbonyl (C=O) groups excluding carboxylic acids is 4. The summed E-state index contributed by atoms with van der Waals surface area (Å²) in [6.07, 6.45) is -0.767. The van der Waals surface area contributed by atoms with E-state index in [1.165, 1.54) is 38.4 Å². The molecule has 0 fully saturated rings. The first-order chi connectivity index (χ1) is 15.4. The molecule has 0 spiro atoms. The molecule has 2 aromatic rings. The molecule has 2 amide bonds. The Morgan fingerprint density at radius 1 is 1.12 bits per heavy atom. The average molecular weight is 453 g/mol. The lowest BCUT2D eigenvalue weighted by Crippen LogP contribution is -2.53. The first-order valence-corrected chi connectivity index (χ1v) is 10.1. The highest BCUT2D eigenvalue weighted by Gasteiger charge is 2.58. The van der Waals surface area contributed by atoms with Gasteiger partial charge in [-0.15, -0.1) is 0 Å². The summed E-state index contributed by atoms with van der Waals surface area (Å²) in [4.78, 5) is 63.8. The van der Waals surface area contributed by atoms with E-state index in [-0.39, 0.29) is 22.8 Å². The van der Waals surface area contributed by atoms with E-state index < -0.39 is 45.3 Å². The number of fused-ring (bicyclic) bond motifs is 1. The minimum Gasteiger partial charge on any atom is -0.410 e. The van der Waals surface area contributed by atoms with Gasteiger partial charge in [-0.3, -0.25) is 24.5 Å². The molecular weight excluding hydrogens is 430 g/mol. The smallest absolute Gasteiger partial charge is 0.410 e. The van der Waals surface area contributed by atoms with E-state index in [4.69, 9.17) is 4.74 Å². The van der Waals surface area contributed by atoms with Crippen molar-refractivity contribution in [2.45, 2.75) is 32.2 Å². The van der Waals surface area contributed by atoms with Gasteiger partial charge in [0.2, 0.25) is 17.5 Å². The van der Waals surface area contributed by atoms with E-state index in [1.54, 1.807) is 6.07 Å². The molecule has 0 saturated carbocycles. The summed E-state index contributed by atoms with van der Waals surface area (Å²) in [7, 11) is 2.92. The second-order valence-corrected chi connectivity index (χ2v) is 8.22. The highest BCUT2D eigenvalue weighted by Crippen LogP contribution is 2.45. The molecule has 1 N–H and O–H groups in total. The van der Waals surface area contributed by atoms with Gasteiger partial charge in [-0.25, -0.2) is 4.79 Å². The van der Waals surface area contributed by atoms with E-state index in [9.17, 15) is 29.3 Å². The van der Waals surface area contributed by atoms with E-state index in [2.05, 4.69) is 5.32 Å². The highest BCUT2D eigenvalue weighted by molar-refractivity contribution is 6.35. The van der Waals surface area contributed by atoms with Crippen molar-refractivity contribution >= 4 is 29.3 Å². The number of rotatable bonds is 5. The third-order valence-electron chi connectivity index (χ3n) is 5.39. The van der Waals surface area contributed by atoms with Crippen LogP contribution in [0.2, 0.25) is 0 Å². The molecule has 0 saturated heterocycles. The standard InChI is InChI=1S/C23H23N3O7/c1-12(2)14-9-10-16(18(11-14)33-22(30)25(4)5)23(24-13(3)27)20(28)15-7-6-8-17(26(31)32)19(15)21(23)29/h6-12H,1-5H3,(H,24,27). The summed E-state index contributed by atoms with van der Waals surface area (Å²) in [6.45, 7) is 4.93. The third kappa shape index (κ3) is 3.84. The van der Waals surface area contributed by atoms with E-state index in [1.807, 2.05) is 13.8 Å². The van der Waals surface area contributed by atoms with Gasteiger partial charge in [0.25, 0.3) is 5.69 Å². The van der Waals surface area contributed by atoms with E-state index in [0.29, 0.717) is 0 Å². The average Bonchev–Trinajstić information content (AvgIpc) is 2.95. The van der Waals surface area contributed by atoms with Crippen molar-refractivity contribution in [3.8, 4) is 5.75 Å². The fraction of sp³-hybridized carbons (Fsp3) is 0.304. The van der Waals surface area contributed by atoms with Gasteiger partial charge in [-0.1, -0.05) is 38.1 Å². The number of nitro groups is 1. The van der Waals surface area contributed by atoms with Crippen LogP contribution in [0.15, 0.2) is 36.4 Å². The molecule has 0 heterocycles. The van der Waals surface area contributed by atoms with Gasteiger partial charge in [0.05, 0.1) is 4.92 Å². The zero-order chi connectivity index (χ0) is 24.7. The van der Waals surface area contributed by atoms with E-state index >= 15 is 0 Å². The van der Waals surface area contributed by atoms with Crippen LogP contribution in [0, 0.1) is 10.1 Å². The van der Waals surface area contributed by atoms with Crippen LogP contribution in [0.4, 0.5) is 10.5 Å². The number of nitro benzene ring substituents is 1. The van der Waals surface area contributed by atoms with Crippen LogP contribution in [0.5, 0.6) is 5.75 Å². The number of ketones is 2. The number of amides is 2. The Hall–Kier alpha value is -4.08. The lowest BCUT2D eigenvalue weighted by molar-refractivity contribution is -0.385. The van der Waals surface area contributed by atoms with Gasteiger partial charge in [0, 0.05) is 38.2 Å². The van der Waals surface area contributed by atoms with Crippen LogP contribution in [-0.2, 0) is 10.3 Å². The molecule has 172 valence electrons. The summed E-state index contributed by atoms with van der Waals surface area (Å²) >= 11 is 0. The van der Waals surface area contributed by atoms with Gasteiger partial charge >= 0.3 is 6.09 Å². The lowest BCUT2D eigenvalue weighted by Gasteiger charge is -2.29. The molecule has 33 heavy (non-hydrogen) atoms. The Balaban J connectivity index is 2.34. The number of benzene rings is 2. The van der Waals surface area contributed by atoms with Crippen LogP contribution in [0.25, 0.3) is 0 Å². The summed E-state index contributed by atoms with van der Waals surface area (Å²) < 4.78 is 5.49. The Labute approximate surface area is 189 Å². The van der Waals surface area contributed by atoms with Gasteiger partial charge in [-0.05, 0) is 17.5 Å². The molecule has 0 bridgehead atoms. The number of hydrogen-bond acceptors (Lipinski definition) is 7. The zero-order valence-corrected chi connectivity index (χ0v) is 18.8. The maximum atomic E-state index is 13.7. The quantitative estimate of drug-likeness (QED) is 0.417. The maximum absolute atomic E-state index is 13.7. The fourth-order valence-corrected chi connectivity index (χ4v) is 3.78. The molecular formula is C23H23N3O7. The minimum absolute atomic E-state index is 0.0147. The Bertz CT molecular complexity index is 1200. The summed E-state index contributed by atoms with van der Waals surface area (Å²) in [5.41, 5.74) is -2.81. The van der Waals surface area contributed by atoms with Gasteiger partial charge in [0.1, 0.15) is 11.3 Å².